The summed E-state index contributed by atoms with van der Waals surface area (Å²) in [7, 11) is 0. The Balaban J connectivity index is 1.76. The van der Waals surface area contributed by atoms with Crippen LogP contribution in [0.4, 0.5) is 23.7 Å². The van der Waals surface area contributed by atoms with Gasteiger partial charge in [-0.1, -0.05) is 19.1 Å². The van der Waals surface area contributed by atoms with Crippen LogP contribution in [0.3, 0.4) is 0 Å². The minimum absolute atomic E-state index is 0.140. The first kappa shape index (κ1) is 21.6. The second kappa shape index (κ2) is 8.70. The lowest BCUT2D eigenvalue weighted by molar-refractivity contribution is -0.137. The highest BCUT2D eigenvalue weighted by molar-refractivity contribution is 5.95. The average molecular weight is 421 g/mol. The number of rotatable bonds is 4. The van der Waals surface area contributed by atoms with Crippen LogP contribution in [-0.4, -0.2) is 28.5 Å². The predicted octanol–water partition coefficient (Wildman–Crippen LogP) is 3.71. The number of nitrogens with one attached hydrogen (secondary N) is 2. The minimum Gasteiger partial charge on any atom is -0.366 e. The van der Waals surface area contributed by atoms with Crippen LogP contribution in [0.25, 0.3) is 0 Å². The third-order valence-electron chi connectivity index (χ3n) is 4.94. The highest BCUT2D eigenvalue weighted by Gasteiger charge is 2.33. The molecule has 2 atom stereocenters. The predicted molar refractivity (Wildman–Crippen MR) is 104 cm³/mol. The quantitative estimate of drug-likeness (QED) is 0.701. The van der Waals surface area contributed by atoms with Crippen molar-refractivity contribution in [2.24, 2.45) is 11.7 Å². The number of pyridine rings is 1. The van der Waals surface area contributed by atoms with Gasteiger partial charge in [0.1, 0.15) is 0 Å². The van der Waals surface area contributed by atoms with Gasteiger partial charge in [-0.25, -0.2) is 9.80 Å². The van der Waals surface area contributed by atoms with Crippen LogP contribution in [0.2, 0.25) is 0 Å². The Labute approximate surface area is 171 Å². The SMILES string of the molecule is C[C@@H]1CC[C@@H](c2cccc(C(F)(F)F)c2)N(NC(=O)Nc2cncc(C(N)=O)c2)C1. The number of aromatic nitrogens is 1. The molecular weight excluding hydrogens is 399 g/mol. The van der Waals surface area contributed by atoms with Crippen LogP contribution in [0.15, 0.2) is 42.7 Å². The van der Waals surface area contributed by atoms with Crippen molar-refractivity contribution in [1.82, 2.24) is 15.4 Å². The van der Waals surface area contributed by atoms with Crippen molar-refractivity contribution in [3.63, 3.8) is 0 Å². The van der Waals surface area contributed by atoms with Gasteiger partial charge in [0.2, 0.25) is 5.91 Å². The molecule has 1 aromatic heterocycles. The van der Waals surface area contributed by atoms with Gasteiger partial charge >= 0.3 is 12.2 Å². The maximum absolute atomic E-state index is 13.1. The number of piperidine rings is 1. The van der Waals surface area contributed by atoms with Crippen LogP contribution in [0.1, 0.15) is 47.3 Å². The minimum atomic E-state index is -4.44. The number of amides is 3. The molecule has 0 saturated carbocycles. The molecule has 1 aliphatic heterocycles. The zero-order valence-corrected chi connectivity index (χ0v) is 16.2. The molecule has 30 heavy (non-hydrogen) atoms. The van der Waals surface area contributed by atoms with Crippen molar-refractivity contribution >= 4 is 17.6 Å². The first-order chi connectivity index (χ1) is 14.1. The Hall–Kier alpha value is -3.14. The number of nitrogens with two attached hydrogens (primary N) is 1. The Morgan fingerprint density at radius 3 is 2.67 bits per heavy atom. The van der Waals surface area contributed by atoms with E-state index < -0.39 is 29.7 Å². The molecule has 2 heterocycles. The van der Waals surface area contributed by atoms with Crippen LogP contribution in [-0.2, 0) is 6.18 Å². The van der Waals surface area contributed by atoms with Gasteiger partial charge in [0.25, 0.3) is 0 Å². The summed E-state index contributed by atoms with van der Waals surface area (Å²) in [6.07, 6.45) is -0.380. The van der Waals surface area contributed by atoms with Crippen LogP contribution in [0, 0.1) is 5.92 Å². The van der Waals surface area contributed by atoms with Gasteiger partial charge < -0.3 is 11.1 Å². The molecule has 0 radical (unpaired) electrons. The first-order valence-corrected chi connectivity index (χ1v) is 9.40. The Morgan fingerprint density at radius 1 is 1.20 bits per heavy atom. The molecule has 0 bridgehead atoms. The molecule has 7 nitrogen and oxygen atoms in total. The van der Waals surface area contributed by atoms with Gasteiger partial charge in [-0.3, -0.25) is 15.2 Å². The Bertz CT molecular complexity index is 935. The van der Waals surface area contributed by atoms with Gasteiger partial charge in [0, 0.05) is 12.7 Å². The summed E-state index contributed by atoms with van der Waals surface area (Å²) < 4.78 is 39.3. The fraction of sp³-hybridized carbons (Fsp3) is 0.350. The number of halogens is 3. The second-order valence-electron chi connectivity index (χ2n) is 7.37. The lowest BCUT2D eigenvalue weighted by atomic mass is 9.90. The number of hydrogen-bond donors (Lipinski definition) is 3. The van der Waals surface area contributed by atoms with Gasteiger partial charge in [-0.15, -0.1) is 0 Å². The zero-order valence-electron chi connectivity index (χ0n) is 16.2. The largest absolute Gasteiger partial charge is 0.416 e. The van der Waals surface area contributed by atoms with Gasteiger partial charge in [-0.05, 0) is 42.5 Å². The molecule has 0 aliphatic carbocycles. The number of primary amides is 1. The van der Waals surface area contributed by atoms with Crippen molar-refractivity contribution in [1.29, 1.82) is 0 Å². The summed E-state index contributed by atoms with van der Waals surface area (Å²) in [6.45, 7) is 2.49. The summed E-state index contributed by atoms with van der Waals surface area (Å²) in [5, 5.41) is 4.21. The number of benzene rings is 1. The zero-order chi connectivity index (χ0) is 21.9. The van der Waals surface area contributed by atoms with Crippen molar-refractivity contribution in [2.75, 3.05) is 11.9 Å². The van der Waals surface area contributed by atoms with Crippen molar-refractivity contribution in [3.8, 4) is 0 Å². The third-order valence-corrected chi connectivity index (χ3v) is 4.94. The fourth-order valence-electron chi connectivity index (χ4n) is 3.48. The number of alkyl halides is 3. The monoisotopic (exact) mass is 421 g/mol. The number of carbonyl (C=O) groups excluding carboxylic acids is 2. The summed E-state index contributed by atoms with van der Waals surface area (Å²) in [6, 6.07) is 5.54. The number of hydrogen-bond acceptors (Lipinski definition) is 4. The summed E-state index contributed by atoms with van der Waals surface area (Å²) in [4.78, 5) is 27.6. The maximum Gasteiger partial charge on any atom is 0.416 e. The lowest BCUT2D eigenvalue weighted by Gasteiger charge is -2.38. The molecule has 1 aliphatic rings. The summed E-state index contributed by atoms with van der Waals surface area (Å²) in [5.41, 5.74) is 8.08. The first-order valence-electron chi connectivity index (χ1n) is 9.40. The van der Waals surface area contributed by atoms with E-state index in [-0.39, 0.29) is 17.2 Å². The Morgan fingerprint density at radius 2 is 1.97 bits per heavy atom. The van der Waals surface area contributed by atoms with Crippen molar-refractivity contribution in [2.45, 2.75) is 32.0 Å². The van der Waals surface area contributed by atoms with E-state index in [1.807, 2.05) is 6.92 Å². The number of urea groups is 1. The van der Waals surface area contributed by atoms with E-state index >= 15 is 0 Å². The van der Waals surface area contributed by atoms with E-state index in [1.54, 1.807) is 11.1 Å². The molecule has 1 fully saturated rings. The van der Waals surface area contributed by atoms with E-state index in [0.717, 1.165) is 18.6 Å². The van der Waals surface area contributed by atoms with E-state index in [4.69, 9.17) is 5.73 Å². The molecule has 1 aromatic carbocycles. The highest BCUT2D eigenvalue weighted by atomic mass is 19.4. The molecule has 0 spiro atoms. The maximum atomic E-state index is 13.1. The molecule has 2 aromatic rings. The van der Waals surface area contributed by atoms with E-state index in [0.29, 0.717) is 18.5 Å². The van der Waals surface area contributed by atoms with Crippen LogP contribution in [0.5, 0.6) is 0 Å². The van der Waals surface area contributed by atoms with Gasteiger partial charge in [0.05, 0.1) is 29.1 Å². The summed E-state index contributed by atoms with van der Waals surface area (Å²) in [5.74, 6) is -0.423. The summed E-state index contributed by atoms with van der Waals surface area (Å²) >= 11 is 0. The van der Waals surface area contributed by atoms with Crippen LogP contribution >= 0.6 is 0 Å². The lowest BCUT2D eigenvalue weighted by Crippen LogP contribution is -2.50. The molecule has 3 rings (SSSR count). The standard InChI is InChI=1S/C20H22F3N5O2/c1-12-5-6-17(13-3-2-4-15(7-13)20(21,22)23)28(11-12)27-19(30)26-16-8-14(18(24)29)9-25-10-16/h2-4,7-10,12,17H,5-6,11H2,1H3,(H2,24,29)(H2,26,27,30)/t12-,17+/m1/s1. The molecule has 160 valence electrons. The van der Waals surface area contributed by atoms with Gasteiger partial charge in [0.15, 0.2) is 0 Å². The van der Waals surface area contributed by atoms with E-state index in [9.17, 15) is 22.8 Å². The Kier molecular flexibility index (Phi) is 6.25. The third kappa shape index (κ3) is 5.26. The highest BCUT2D eigenvalue weighted by Crippen LogP contribution is 2.35. The number of carbonyl (C=O) groups is 2. The smallest absolute Gasteiger partial charge is 0.366 e. The van der Waals surface area contributed by atoms with Gasteiger partial charge in [-0.2, -0.15) is 13.2 Å². The molecule has 0 unspecified atom stereocenters. The number of hydrazine groups is 1. The number of nitrogens with zero attached hydrogens (tertiary/aromatic N) is 2. The topological polar surface area (TPSA) is 100 Å². The molecular formula is C20H22F3N5O2. The molecule has 1 saturated heterocycles. The van der Waals surface area contributed by atoms with Crippen LogP contribution < -0.4 is 16.5 Å². The number of anilines is 1. The van der Waals surface area contributed by atoms with Crippen molar-refractivity contribution < 1.29 is 22.8 Å². The van der Waals surface area contributed by atoms with E-state index in [1.165, 1.54) is 24.5 Å². The molecule has 4 N–H and O–H groups in total. The van der Waals surface area contributed by atoms with Crippen molar-refractivity contribution in [3.05, 3.63) is 59.4 Å². The van der Waals surface area contributed by atoms with E-state index in [2.05, 4.69) is 15.7 Å². The normalized spacial score (nSPS) is 19.9. The fourth-order valence-corrected chi connectivity index (χ4v) is 3.48. The average Bonchev–Trinajstić information content (AvgIpc) is 2.67. The molecule has 3 amide bonds. The molecule has 10 heteroatoms. The second-order valence-corrected chi connectivity index (χ2v) is 7.37.